The Bertz CT molecular complexity index is 1270. The van der Waals surface area contributed by atoms with Gasteiger partial charge in [0.15, 0.2) is 23.1 Å². The van der Waals surface area contributed by atoms with Crippen LogP contribution in [0, 0.1) is 24.4 Å². The molecule has 0 spiro atoms. The van der Waals surface area contributed by atoms with Crippen LogP contribution in [0.2, 0.25) is 0 Å². The number of carbonyl (C=O) groups excluding carboxylic acids is 1. The summed E-state index contributed by atoms with van der Waals surface area (Å²) in [7, 11) is 1.72. The summed E-state index contributed by atoms with van der Waals surface area (Å²) in [4.78, 5) is 17.5. The van der Waals surface area contributed by atoms with Crippen LogP contribution in [0.1, 0.15) is 16.1 Å². The molecule has 0 bridgehead atoms. The second-order valence-corrected chi connectivity index (χ2v) is 6.63. The van der Waals surface area contributed by atoms with Gasteiger partial charge in [0.05, 0.1) is 28.0 Å². The third-order valence-electron chi connectivity index (χ3n) is 4.63. The van der Waals surface area contributed by atoms with E-state index in [1.165, 1.54) is 0 Å². The van der Waals surface area contributed by atoms with Crippen molar-refractivity contribution >= 4 is 22.6 Å². The van der Waals surface area contributed by atoms with E-state index < -0.39 is 29.0 Å². The molecule has 4 aromatic rings. The molecule has 0 aliphatic heterocycles. The monoisotopic (exact) mass is 411 g/mol. The number of carbonyl (C=O) groups is 1. The van der Waals surface area contributed by atoms with Gasteiger partial charge in [0.1, 0.15) is 0 Å². The van der Waals surface area contributed by atoms with Crippen molar-refractivity contribution in [2.45, 2.75) is 6.92 Å². The molecule has 0 saturated carbocycles. The van der Waals surface area contributed by atoms with E-state index in [1.54, 1.807) is 24.7 Å². The molecule has 2 N–H and O–H groups in total. The summed E-state index contributed by atoms with van der Waals surface area (Å²) in [6.45, 7) is 1.74. The summed E-state index contributed by atoms with van der Waals surface area (Å²) in [6.07, 6.45) is 0. The standard InChI is InChI=1S/C21H16F3N5O/c1-11-17-13(21(30)27-26-15-9-8-14(22)18(23)19(15)24)10-16(12-6-4-3-5-7-12)25-20(17)29(2)28-11/h3-10,26H,1-2H3,(H,27,30). The first-order chi connectivity index (χ1) is 14.4. The third-order valence-corrected chi connectivity index (χ3v) is 4.63. The zero-order valence-electron chi connectivity index (χ0n) is 16.0. The van der Waals surface area contributed by atoms with Gasteiger partial charge in [-0.2, -0.15) is 5.10 Å². The number of nitrogens with one attached hydrogen (secondary N) is 2. The number of anilines is 1. The fourth-order valence-electron chi connectivity index (χ4n) is 3.19. The highest BCUT2D eigenvalue weighted by atomic mass is 19.2. The highest BCUT2D eigenvalue weighted by Crippen LogP contribution is 2.27. The van der Waals surface area contributed by atoms with E-state index in [1.807, 2.05) is 30.3 Å². The molecule has 0 radical (unpaired) electrons. The lowest BCUT2D eigenvalue weighted by molar-refractivity contribution is 0.0964. The Morgan fingerprint density at radius 3 is 2.50 bits per heavy atom. The zero-order valence-corrected chi connectivity index (χ0v) is 16.0. The van der Waals surface area contributed by atoms with Gasteiger partial charge in [-0.15, -0.1) is 0 Å². The van der Waals surface area contributed by atoms with Gasteiger partial charge in [0.2, 0.25) is 0 Å². The molecule has 4 rings (SSSR count). The quantitative estimate of drug-likeness (QED) is 0.392. The van der Waals surface area contributed by atoms with E-state index >= 15 is 0 Å². The number of benzene rings is 2. The molecule has 30 heavy (non-hydrogen) atoms. The van der Waals surface area contributed by atoms with Crippen molar-refractivity contribution < 1.29 is 18.0 Å². The van der Waals surface area contributed by atoms with E-state index in [2.05, 4.69) is 20.9 Å². The number of aromatic nitrogens is 3. The molecule has 2 heterocycles. The van der Waals surface area contributed by atoms with Gasteiger partial charge in [-0.1, -0.05) is 30.3 Å². The lowest BCUT2D eigenvalue weighted by Gasteiger charge is -2.12. The molecule has 152 valence electrons. The number of pyridine rings is 1. The Morgan fingerprint density at radius 2 is 1.77 bits per heavy atom. The summed E-state index contributed by atoms with van der Waals surface area (Å²) in [5.74, 6) is -4.99. The molecule has 1 amide bonds. The van der Waals surface area contributed by atoms with Gasteiger partial charge in [0.25, 0.3) is 5.91 Å². The maximum atomic E-state index is 13.9. The van der Waals surface area contributed by atoms with Gasteiger partial charge < -0.3 is 0 Å². The molecule has 0 unspecified atom stereocenters. The van der Waals surface area contributed by atoms with Crippen molar-refractivity contribution in [2.75, 3.05) is 5.43 Å². The van der Waals surface area contributed by atoms with E-state index in [4.69, 9.17) is 0 Å². The molecule has 2 aromatic carbocycles. The number of hydrogen-bond acceptors (Lipinski definition) is 4. The van der Waals surface area contributed by atoms with E-state index in [-0.39, 0.29) is 5.56 Å². The van der Waals surface area contributed by atoms with Gasteiger partial charge in [-0.25, -0.2) is 18.2 Å². The molecule has 0 atom stereocenters. The smallest absolute Gasteiger partial charge is 0.270 e. The predicted molar refractivity (Wildman–Crippen MR) is 106 cm³/mol. The fraction of sp³-hybridized carbons (Fsp3) is 0.0952. The Morgan fingerprint density at radius 1 is 1.03 bits per heavy atom. The third kappa shape index (κ3) is 3.34. The van der Waals surface area contributed by atoms with Gasteiger partial charge in [0, 0.05) is 12.6 Å². The summed E-state index contributed by atoms with van der Waals surface area (Å²) in [5.41, 5.74) is 6.91. The van der Waals surface area contributed by atoms with Crippen LogP contribution in [0.25, 0.3) is 22.3 Å². The normalized spacial score (nSPS) is 11.0. The Balaban J connectivity index is 1.74. The van der Waals surface area contributed by atoms with E-state index in [9.17, 15) is 18.0 Å². The van der Waals surface area contributed by atoms with Crippen LogP contribution >= 0.6 is 0 Å². The van der Waals surface area contributed by atoms with Crippen LogP contribution in [0.5, 0.6) is 0 Å². The summed E-state index contributed by atoms with van der Waals surface area (Å²) < 4.78 is 42.0. The number of halogens is 3. The van der Waals surface area contributed by atoms with Crippen LogP contribution in [-0.4, -0.2) is 20.7 Å². The number of hydrogen-bond donors (Lipinski definition) is 2. The number of nitrogens with zero attached hydrogens (tertiary/aromatic N) is 3. The van der Waals surface area contributed by atoms with Crippen molar-refractivity contribution in [3.63, 3.8) is 0 Å². The number of amides is 1. The summed E-state index contributed by atoms with van der Waals surface area (Å²) >= 11 is 0. The lowest BCUT2D eigenvalue weighted by Crippen LogP contribution is -2.30. The van der Waals surface area contributed by atoms with Crippen molar-refractivity contribution in [3.05, 3.63) is 77.2 Å². The molecule has 0 aliphatic carbocycles. The Hall–Kier alpha value is -3.88. The van der Waals surface area contributed by atoms with Crippen LogP contribution in [0.3, 0.4) is 0 Å². The largest absolute Gasteiger partial charge is 0.295 e. The van der Waals surface area contributed by atoms with E-state index in [0.29, 0.717) is 22.4 Å². The van der Waals surface area contributed by atoms with Gasteiger partial charge in [-0.05, 0) is 25.1 Å². The van der Waals surface area contributed by atoms with Gasteiger partial charge in [-0.3, -0.25) is 20.3 Å². The minimum atomic E-state index is -1.63. The second kappa shape index (κ2) is 7.51. The topological polar surface area (TPSA) is 71.8 Å². The highest BCUT2D eigenvalue weighted by Gasteiger charge is 2.20. The molecule has 2 aromatic heterocycles. The van der Waals surface area contributed by atoms with Crippen molar-refractivity contribution in [1.29, 1.82) is 0 Å². The first-order valence-corrected chi connectivity index (χ1v) is 8.96. The van der Waals surface area contributed by atoms with Crippen LogP contribution in [-0.2, 0) is 7.05 Å². The van der Waals surface area contributed by atoms with Crippen LogP contribution in [0.4, 0.5) is 18.9 Å². The maximum Gasteiger partial charge on any atom is 0.270 e. The SMILES string of the molecule is Cc1nn(C)c2nc(-c3ccccc3)cc(C(=O)NNc3ccc(F)c(F)c3F)c12. The van der Waals surface area contributed by atoms with Crippen molar-refractivity contribution in [2.24, 2.45) is 7.05 Å². The zero-order chi connectivity index (χ0) is 21.4. The molecule has 0 fully saturated rings. The first kappa shape index (κ1) is 19.4. The average Bonchev–Trinajstić information content (AvgIpc) is 3.05. The number of rotatable bonds is 4. The van der Waals surface area contributed by atoms with Gasteiger partial charge >= 0.3 is 0 Å². The number of fused-ring (bicyclic) bond motifs is 1. The van der Waals surface area contributed by atoms with Crippen molar-refractivity contribution in [1.82, 2.24) is 20.2 Å². The lowest BCUT2D eigenvalue weighted by atomic mass is 10.1. The number of aryl methyl sites for hydroxylation is 2. The molecule has 6 nitrogen and oxygen atoms in total. The molecule has 0 saturated heterocycles. The Labute approximate surface area is 169 Å². The Kier molecular flexibility index (Phi) is 4.86. The molecule has 0 aliphatic rings. The maximum absolute atomic E-state index is 13.9. The van der Waals surface area contributed by atoms with Crippen LogP contribution < -0.4 is 10.9 Å². The predicted octanol–water partition coefficient (Wildman–Crippen LogP) is 4.12. The molecule has 9 heteroatoms. The number of hydrazine groups is 1. The molecular weight excluding hydrogens is 395 g/mol. The minimum Gasteiger partial charge on any atom is -0.295 e. The minimum absolute atomic E-state index is 0.250. The van der Waals surface area contributed by atoms with E-state index in [0.717, 1.165) is 17.7 Å². The highest BCUT2D eigenvalue weighted by molar-refractivity contribution is 6.07. The second-order valence-electron chi connectivity index (χ2n) is 6.63. The summed E-state index contributed by atoms with van der Waals surface area (Å²) in [6, 6.07) is 12.6. The first-order valence-electron chi connectivity index (χ1n) is 8.96. The van der Waals surface area contributed by atoms with Crippen LogP contribution in [0.15, 0.2) is 48.5 Å². The van der Waals surface area contributed by atoms with Crippen molar-refractivity contribution in [3.8, 4) is 11.3 Å². The summed E-state index contributed by atoms with van der Waals surface area (Å²) in [5, 5.41) is 4.85. The molecular formula is C21H16F3N5O. The fourth-order valence-corrected chi connectivity index (χ4v) is 3.19. The average molecular weight is 411 g/mol.